The van der Waals surface area contributed by atoms with E-state index < -0.39 is 0 Å². The lowest BCUT2D eigenvalue weighted by molar-refractivity contribution is -0.135. The number of anilines is 1. The van der Waals surface area contributed by atoms with Gasteiger partial charge in [0.15, 0.2) is 6.61 Å². The predicted molar refractivity (Wildman–Crippen MR) is 116 cm³/mol. The van der Waals surface area contributed by atoms with E-state index in [1.807, 2.05) is 37.3 Å². The number of nitrogens with zero attached hydrogens (tertiary/aromatic N) is 1. The van der Waals surface area contributed by atoms with Crippen LogP contribution >= 0.6 is 15.9 Å². The smallest absolute Gasteiger partial charge is 0.260 e. The lowest BCUT2D eigenvalue weighted by Crippen LogP contribution is -2.37. The Kier molecular flexibility index (Phi) is 8.39. The number of hydrogen-bond acceptors (Lipinski definition) is 4. The van der Waals surface area contributed by atoms with Crippen molar-refractivity contribution in [3.05, 3.63) is 58.1 Å². The number of ketones is 1. The standard InChI is InChI=1S/C22H25BrN2O4/c1-15-12-18(23)8-11-20(15)24-21(27)13-25(3)22(28)14-29-19-9-6-17(7-10-19)5-4-16(2)26/h6-12H,4-5,13-14H2,1-3H3,(H,24,27). The predicted octanol–water partition coefficient (Wildman–Crippen LogP) is 3.76. The molecule has 0 aliphatic heterocycles. The van der Waals surface area contributed by atoms with Crippen LogP contribution in [0.15, 0.2) is 46.9 Å². The second-order valence-corrected chi connectivity index (χ2v) is 7.81. The number of nitrogens with one attached hydrogen (secondary N) is 1. The highest BCUT2D eigenvalue weighted by Crippen LogP contribution is 2.20. The first kappa shape index (κ1) is 22.6. The fourth-order valence-corrected chi connectivity index (χ4v) is 3.06. The van der Waals surface area contributed by atoms with Crippen molar-refractivity contribution >= 4 is 39.2 Å². The zero-order valence-electron chi connectivity index (χ0n) is 16.8. The number of aryl methyl sites for hydroxylation is 2. The van der Waals surface area contributed by atoms with Crippen LogP contribution in [0.2, 0.25) is 0 Å². The molecule has 0 unspecified atom stereocenters. The zero-order valence-corrected chi connectivity index (χ0v) is 18.4. The summed E-state index contributed by atoms with van der Waals surface area (Å²) in [4.78, 5) is 36.8. The van der Waals surface area contributed by atoms with E-state index >= 15 is 0 Å². The first-order valence-corrected chi connectivity index (χ1v) is 10.0. The maximum atomic E-state index is 12.2. The summed E-state index contributed by atoms with van der Waals surface area (Å²) in [7, 11) is 1.56. The second kappa shape index (κ2) is 10.8. The summed E-state index contributed by atoms with van der Waals surface area (Å²) in [6.07, 6.45) is 1.19. The minimum absolute atomic E-state index is 0.0678. The van der Waals surface area contributed by atoms with E-state index in [0.717, 1.165) is 15.6 Å². The average Bonchev–Trinajstić information content (AvgIpc) is 2.67. The Morgan fingerprint density at radius 3 is 2.41 bits per heavy atom. The van der Waals surface area contributed by atoms with Crippen LogP contribution in [0.5, 0.6) is 5.75 Å². The molecule has 154 valence electrons. The van der Waals surface area contributed by atoms with Gasteiger partial charge < -0.3 is 19.7 Å². The molecule has 29 heavy (non-hydrogen) atoms. The lowest BCUT2D eigenvalue weighted by Gasteiger charge is -2.18. The van der Waals surface area contributed by atoms with Gasteiger partial charge in [0.2, 0.25) is 5.91 Å². The molecular weight excluding hydrogens is 436 g/mol. The molecule has 2 amide bonds. The Morgan fingerprint density at radius 1 is 1.10 bits per heavy atom. The van der Waals surface area contributed by atoms with E-state index in [-0.39, 0.29) is 30.7 Å². The van der Waals surface area contributed by atoms with Crippen molar-refractivity contribution in [1.29, 1.82) is 0 Å². The summed E-state index contributed by atoms with van der Waals surface area (Å²) >= 11 is 3.38. The minimum atomic E-state index is -0.298. The highest BCUT2D eigenvalue weighted by molar-refractivity contribution is 9.10. The van der Waals surface area contributed by atoms with Gasteiger partial charge in [-0.1, -0.05) is 28.1 Å². The Balaban J connectivity index is 1.79. The lowest BCUT2D eigenvalue weighted by atomic mass is 10.1. The van der Waals surface area contributed by atoms with Crippen LogP contribution in [0, 0.1) is 6.92 Å². The number of Topliss-reactive ketones (excluding diaryl/α,β-unsaturated/α-hetero) is 1. The van der Waals surface area contributed by atoms with Crippen molar-refractivity contribution in [3.8, 4) is 5.75 Å². The number of benzene rings is 2. The van der Waals surface area contributed by atoms with Gasteiger partial charge in [0.1, 0.15) is 11.5 Å². The number of halogens is 1. The van der Waals surface area contributed by atoms with Gasteiger partial charge in [-0.3, -0.25) is 9.59 Å². The third-order valence-electron chi connectivity index (χ3n) is 4.32. The maximum Gasteiger partial charge on any atom is 0.260 e. The van der Waals surface area contributed by atoms with Crippen LogP contribution in [-0.4, -0.2) is 42.7 Å². The molecule has 0 saturated carbocycles. The molecule has 0 heterocycles. The summed E-state index contributed by atoms with van der Waals surface area (Å²) in [6, 6.07) is 12.8. The molecule has 0 radical (unpaired) electrons. The van der Waals surface area contributed by atoms with Crippen molar-refractivity contribution in [1.82, 2.24) is 4.90 Å². The zero-order chi connectivity index (χ0) is 21.4. The van der Waals surface area contributed by atoms with E-state index in [1.165, 1.54) is 4.90 Å². The van der Waals surface area contributed by atoms with Crippen LogP contribution in [0.1, 0.15) is 24.5 Å². The summed E-state index contributed by atoms with van der Waals surface area (Å²) in [6.45, 7) is 3.24. The van der Waals surface area contributed by atoms with E-state index in [2.05, 4.69) is 21.2 Å². The molecular formula is C22H25BrN2O4. The molecule has 0 atom stereocenters. The van der Waals surface area contributed by atoms with Crippen molar-refractivity contribution in [2.75, 3.05) is 25.5 Å². The molecule has 0 fully saturated rings. The third-order valence-corrected chi connectivity index (χ3v) is 4.81. The SMILES string of the molecule is CC(=O)CCc1ccc(OCC(=O)N(C)CC(=O)Nc2ccc(Br)cc2C)cc1. The molecule has 0 spiro atoms. The van der Waals surface area contributed by atoms with Gasteiger partial charge in [0, 0.05) is 23.6 Å². The van der Waals surface area contributed by atoms with Crippen molar-refractivity contribution in [2.24, 2.45) is 0 Å². The van der Waals surface area contributed by atoms with Gasteiger partial charge in [-0.2, -0.15) is 0 Å². The average molecular weight is 461 g/mol. The fourth-order valence-electron chi connectivity index (χ4n) is 2.59. The van der Waals surface area contributed by atoms with Crippen LogP contribution in [-0.2, 0) is 20.8 Å². The Labute approximate surface area is 179 Å². The van der Waals surface area contributed by atoms with E-state index in [4.69, 9.17) is 4.74 Å². The number of ether oxygens (including phenoxy) is 1. The molecule has 0 aliphatic rings. The van der Waals surface area contributed by atoms with Gasteiger partial charge in [0.05, 0.1) is 6.54 Å². The molecule has 0 aliphatic carbocycles. The van der Waals surface area contributed by atoms with Crippen molar-refractivity contribution in [3.63, 3.8) is 0 Å². The third kappa shape index (κ3) is 7.69. The van der Waals surface area contributed by atoms with E-state index in [9.17, 15) is 14.4 Å². The minimum Gasteiger partial charge on any atom is -0.484 e. The van der Waals surface area contributed by atoms with E-state index in [1.54, 1.807) is 26.1 Å². The molecule has 2 rings (SSSR count). The van der Waals surface area contributed by atoms with Crippen LogP contribution in [0.25, 0.3) is 0 Å². The first-order valence-electron chi connectivity index (χ1n) is 9.25. The number of rotatable bonds is 9. The topological polar surface area (TPSA) is 75.7 Å². The van der Waals surface area contributed by atoms with Gasteiger partial charge >= 0.3 is 0 Å². The molecule has 1 N–H and O–H groups in total. The van der Waals surface area contributed by atoms with Crippen molar-refractivity contribution in [2.45, 2.75) is 26.7 Å². The van der Waals surface area contributed by atoms with Gasteiger partial charge in [-0.05, 0) is 61.7 Å². The van der Waals surface area contributed by atoms with Gasteiger partial charge in [-0.25, -0.2) is 0 Å². The summed E-state index contributed by atoms with van der Waals surface area (Å²) in [5, 5.41) is 2.80. The molecule has 0 saturated heterocycles. The summed E-state index contributed by atoms with van der Waals surface area (Å²) in [5.41, 5.74) is 2.67. The normalized spacial score (nSPS) is 10.3. The largest absolute Gasteiger partial charge is 0.484 e. The number of hydrogen-bond donors (Lipinski definition) is 1. The second-order valence-electron chi connectivity index (χ2n) is 6.89. The van der Waals surface area contributed by atoms with Crippen LogP contribution in [0.3, 0.4) is 0 Å². The van der Waals surface area contributed by atoms with Crippen LogP contribution < -0.4 is 10.1 Å². The Hall–Kier alpha value is -2.67. The number of carbonyl (C=O) groups excluding carboxylic acids is 3. The Bertz CT molecular complexity index is 881. The Morgan fingerprint density at radius 2 is 1.79 bits per heavy atom. The molecule has 2 aromatic rings. The highest BCUT2D eigenvalue weighted by Gasteiger charge is 2.14. The number of carbonyl (C=O) groups is 3. The molecule has 0 aromatic heterocycles. The molecule has 2 aromatic carbocycles. The monoisotopic (exact) mass is 460 g/mol. The number of amides is 2. The summed E-state index contributed by atoms with van der Waals surface area (Å²) < 4.78 is 6.44. The van der Waals surface area contributed by atoms with E-state index in [0.29, 0.717) is 24.3 Å². The maximum absolute atomic E-state index is 12.2. The van der Waals surface area contributed by atoms with Gasteiger partial charge in [0.25, 0.3) is 5.91 Å². The summed E-state index contributed by atoms with van der Waals surface area (Å²) in [5.74, 6) is 0.140. The van der Waals surface area contributed by atoms with Crippen molar-refractivity contribution < 1.29 is 19.1 Å². The van der Waals surface area contributed by atoms with Gasteiger partial charge in [-0.15, -0.1) is 0 Å². The molecule has 0 bridgehead atoms. The highest BCUT2D eigenvalue weighted by atomic mass is 79.9. The fraction of sp³-hybridized carbons (Fsp3) is 0.318. The first-order chi connectivity index (χ1) is 13.7. The molecule has 6 nitrogen and oxygen atoms in total. The quantitative estimate of drug-likeness (QED) is 0.617. The molecule has 7 heteroatoms. The van der Waals surface area contributed by atoms with Crippen LogP contribution in [0.4, 0.5) is 5.69 Å². The number of likely N-dealkylation sites (N-methyl/N-ethyl adjacent to an activating group) is 1.